The van der Waals surface area contributed by atoms with Crippen LogP contribution < -0.4 is 10.6 Å². The molecule has 0 amide bonds. The van der Waals surface area contributed by atoms with Crippen LogP contribution in [0.25, 0.3) is 0 Å². The molecule has 4 nitrogen and oxygen atoms in total. The zero-order valence-corrected chi connectivity index (χ0v) is 15.0. The van der Waals surface area contributed by atoms with Crippen LogP contribution in [0.3, 0.4) is 0 Å². The van der Waals surface area contributed by atoms with Crippen molar-refractivity contribution in [3.05, 3.63) is 29.0 Å². The number of nitrogens with zero attached hydrogens (tertiary/aromatic N) is 2. The molecule has 20 heavy (non-hydrogen) atoms. The van der Waals surface area contributed by atoms with Gasteiger partial charge in [0.05, 0.1) is 0 Å². The minimum atomic E-state index is 0. The molecule has 1 saturated carbocycles. The zero-order valence-electron chi connectivity index (χ0n) is 11.9. The molecule has 1 aliphatic carbocycles. The van der Waals surface area contributed by atoms with E-state index >= 15 is 0 Å². The lowest BCUT2D eigenvalue weighted by molar-refractivity contribution is 0.765. The highest BCUT2D eigenvalue weighted by atomic mass is 127. The fourth-order valence-electron chi connectivity index (χ4n) is 1.87. The van der Waals surface area contributed by atoms with Crippen molar-refractivity contribution < 1.29 is 0 Å². The third-order valence-corrected chi connectivity index (χ3v) is 3.46. The van der Waals surface area contributed by atoms with Gasteiger partial charge in [0.25, 0.3) is 0 Å². The molecule has 0 aromatic carbocycles. The van der Waals surface area contributed by atoms with Crippen LogP contribution in [0.2, 0.25) is 5.15 Å². The van der Waals surface area contributed by atoms with Crippen molar-refractivity contribution >= 4 is 41.5 Å². The van der Waals surface area contributed by atoms with E-state index in [1.54, 1.807) is 6.20 Å². The molecule has 112 valence electrons. The van der Waals surface area contributed by atoms with Crippen molar-refractivity contribution in [1.82, 2.24) is 15.6 Å². The van der Waals surface area contributed by atoms with E-state index in [9.17, 15) is 0 Å². The number of aliphatic imine (C=N–C) groups is 1. The van der Waals surface area contributed by atoms with Gasteiger partial charge in [0.2, 0.25) is 0 Å². The van der Waals surface area contributed by atoms with E-state index in [0.717, 1.165) is 37.0 Å². The monoisotopic (exact) mass is 408 g/mol. The third-order valence-electron chi connectivity index (χ3n) is 3.23. The van der Waals surface area contributed by atoms with Crippen LogP contribution in [0.5, 0.6) is 0 Å². The Balaban J connectivity index is 0.00000200. The van der Waals surface area contributed by atoms with Crippen molar-refractivity contribution in [2.24, 2.45) is 10.9 Å². The van der Waals surface area contributed by atoms with Gasteiger partial charge in [-0.25, -0.2) is 4.98 Å². The average molecular weight is 409 g/mol. The first-order valence-electron chi connectivity index (χ1n) is 6.84. The zero-order chi connectivity index (χ0) is 13.7. The van der Waals surface area contributed by atoms with E-state index in [4.69, 9.17) is 11.6 Å². The largest absolute Gasteiger partial charge is 0.357 e. The number of pyridine rings is 1. The summed E-state index contributed by atoms with van der Waals surface area (Å²) >= 11 is 5.76. The van der Waals surface area contributed by atoms with Gasteiger partial charge in [-0.15, -0.1) is 24.0 Å². The molecule has 6 heteroatoms. The maximum Gasteiger partial charge on any atom is 0.191 e. The third kappa shape index (κ3) is 5.83. The van der Waals surface area contributed by atoms with Crippen molar-refractivity contribution in [2.75, 3.05) is 13.1 Å². The van der Waals surface area contributed by atoms with Crippen molar-refractivity contribution in [3.63, 3.8) is 0 Å². The number of rotatable bonds is 5. The fourth-order valence-corrected chi connectivity index (χ4v) is 1.98. The van der Waals surface area contributed by atoms with Gasteiger partial charge in [-0.05, 0) is 37.3 Å². The molecule has 0 saturated heterocycles. The van der Waals surface area contributed by atoms with Crippen LogP contribution in [0.15, 0.2) is 23.3 Å². The standard InChI is InChI=1S/C14H21ClN4.HI/c1-3-16-14(19-12-8-10(12)2)17-7-6-11-4-5-13(15)18-9-11;/h4-5,9-10,12H,3,6-8H2,1-2H3,(H2,16,17,19);1H. The minimum Gasteiger partial charge on any atom is -0.357 e. The molecule has 0 aliphatic heterocycles. The maximum absolute atomic E-state index is 5.76. The quantitative estimate of drug-likeness (QED) is 0.341. The summed E-state index contributed by atoms with van der Waals surface area (Å²) in [5, 5.41) is 7.24. The maximum atomic E-state index is 5.76. The van der Waals surface area contributed by atoms with E-state index in [1.165, 1.54) is 6.42 Å². The Bertz CT molecular complexity index is 435. The lowest BCUT2D eigenvalue weighted by Crippen LogP contribution is -2.39. The molecule has 0 bridgehead atoms. The molecule has 1 aromatic rings. The molecule has 2 N–H and O–H groups in total. The van der Waals surface area contributed by atoms with Gasteiger partial charge in [-0.1, -0.05) is 24.6 Å². The number of hydrogen-bond acceptors (Lipinski definition) is 2. The Morgan fingerprint density at radius 3 is 2.80 bits per heavy atom. The Hall–Kier alpha value is -0.560. The molecule has 1 aromatic heterocycles. The van der Waals surface area contributed by atoms with Crippen LogP contribution in [-0.2, 0) is 6.42 Å². The summed E-state index contributed by atoms with van der Waals surface area (Å²) in [7, 11) is 0. The van der Waals surface area contributed by atoms with Gasteiger partial charge in [0, 0.05) is 25.3 Å². The van der Waals surface area contributed by atoms with Crippen molar-refractivity contribution in [3.8, 4) is 0 Å². The molecule has 1 aliphatic rings. The van der Waals surface area contributed by atoms with E-state index in [0.29, 0.717) is 11.2 Å². The lowest BCUT2D eigenvalue weighted by atomic mass is 10.2. The highest BCUT2D eigenvalue weighted by molar-refractivity contribution is 14.0. The van der Waals surface area contributed by atoms with E-state index < -0.39 is 0 Å². The smallest absolute Gasteiger partial charge is 0.191 e. The Morgan fingerprint density at radius 1 is 1.50 bits per heavy atom. The Morgan fingerprint density at radius 2 is 2.25 bits per heavy atom. The van der Waals surface area contributed by atoms with Crippen molar-refractivity contribution in [1.29, 1.82) is 0 Å². The molecule has 2 atom stereocenters. The van der Waals surface area contributed by atoms with Gasteiger partial charge in [-0.2, -0.15) is 0 Å². The van der Waals surface area contributed by atoms with Gasteiger partial charge in [0.1, 0.15) is 5.15 Å². The lowest BCUT2D eigenvalue weighted by Gasteiger charge is -2.10. The SMILES string of the molecule is CCNC(=NCCc1ccc(Cl)nc1)NC1CC1C.I. The summed E-state index contributed by atoms with van der Waals surface area (Å²) < 4.78 is 0. The predicted octanol–water partition coefficient (Wildman–Crippen LogP) is 2.86. The second-order valence-electron chi connectivity index (χ2n) is 4.96. The molecule has 0 spiro atoms. The summed E-state index contributed by atoms with van der Waals surface area (Å²) in [6.07, 6.45) is 3.92. The number of hydrogen-bond donors (Lipinski definition) is 2. The number of guanidine groups is 1. The molecule has 1 fully saturated rings. The summed E-state index contributed by atoms with van der Waals surface area (Å²) in [6.45, 7) is 5.96. The first-order chi connectivity index (χ1) is 9.19. The Labute approximate surface area is 142 Å². The second-order valence-corrected chi connectivity index (χ2v) is 5.35. The summed E-state index contributed by atoms with van der Waals surface area (Å²) in [5.74, 6) is 1.68. The van der Waals surface area contributed by atoms with Crippen molar-refractivity contribution in [2.45, 2.75) is 32.7 Å². The van der Waals surface area contributed by atoms with E-state index in [1.807, 2.05) is 12.1 Å². The van der Waals surface area contributed by atoms with Gasteiger partial charge >= 0.3 is 0 Å². The molecular weight excluding hydrogens is 387 g/mol. The van der Waals surface area contributed by atoms with Crippen LogP contribution in [-0.4, -0.2) is 30.1 Å². The molecular formula is C14H22ClIN4. The second kappa shape index (κ2) is 8.67. The van der Waals surface area contributed by atoms with Crippen LogP contribution >= 0.6 is 35.6 Å². The highest BCUT2D eigenvalue weighted by Crippen LogP contribution is 2.28. The first-order valence-corrected chi connectivity index (χ1v) is 7.22. The summed E-state index contributed by atoms with van der Waals surface area (Å²) in [5.41, 5.74) is 1.16. The molecule has 2 rings (SSSR count). The van der Waals surface area contributed by atoms with Crippen LogP contribution in [0, 0.1) is 5.92 Å². The van der Waals surface area contributed by atoms with Gasteiger partial charge in [0.15, 0.2) is 5.96 Å². The fraction of sp³-hybridized carbons (Fsp3) is 0.571. The predicted molar refractivity (Wildman–Crippen MR) is 95.0 cm³/mol. The Kier molecular flexibility index (Phi) is 7.58. The normalized spacial score (nSPS) is 21.1. The highest BCUT2D eigenvalue weighted by Gasteiger charge is 2.33. The van der Waals surface area contributed by atoms with Crippen LogP contribution in [0.1, 0.15) is 25.8 Å². The number of halogens is 2. The molecule has 0 radical (unpaired) electrons. The van der Waals surface area contributed by atoms with E-state index in [2.05, 4.69) is 34.5 Å². The topological polar surface area (TPSA) is 49.3 Å². The summed E-state index contributed by atoms with van der Waals surface area (Å²) in [6, 6.07) is 4.40. The first kappa shape index (κ1) is 17.5. The minimum absolute atomic E-state index is 0. The van der Waals surface area contributed by atoms with Gasteiger partial charge < -0.3 is 10.6 Å². The average Bonchev–Trinajstić information content (AvgIpc) is 3.07. The number of aromatic nitrogens is 1. The number of nitrogens with one attached hydrogen (secondary N) is 2. The van der Waals surface area contributed by atoms with Gasteiger partial charge in [-0.3, -0.25) is 4.99 Å². The van der Waals surface area contributed by atoms with E-state index in [-0.39, 0.29) is 24.0 Å². The van der Waals surface area contributed by atoms with Crippen LogP contribution in [0.4, 0.5) is 0 Å². The molecule has 2 unspecified atom stereocenters. The summed E-state index contributed by atoms with van der Waals surface area (Å²) in [4.78, 5) is 8.65. The molecule has 1 heterocycles.